The van der Waals surface area contributed by atoms with E-state index in [1.54, 1.807) is 17.0 Å². The van der Waals surface area contributed by atoms with Gasteiger partial charge in [-0.25, -0.2) is 4.39 Å². The van der Waals surface area contributed by atoms with Crippen LogP contribution in [-0.4, -0.2) is 212 Å². The van der Waals surface area contributed by atoms with Gasteiger partial charge in [-0.1, -0.05) is 162 Å². The van der Waals surface area contributed by atoms with Crippen LogP contribution in [0, 0.1) is 32.5 Å². The van der Waals surface area contributed by atoms with Gasteiger partial charge in [-0.3, -0.25) is 33.6 Å². The number of nitrogens with one attached hydrogen (secondary N) is 5. The second-order valence-corrected chi connectivity index (χ2v) is 38.4. The molecule has 0 spiro atoms. The van der Waals surface area contributed by atoms with E-state index in [2.05, 4.69) is 243 Å². The number of rotatable bonds is 31. The number of para-hydroxylation sites is 1. The summed E-state index contributed by atoms with van der Waals surface area (Å²) in [6.45, 7) is 11.8. The molecule has 7 amide bonds. The normalized spacial score (nSPS) is 22.0. The highest BCUT2D eigenvalue weighted by Gasteiger charge is 2.42. The monoisotopic (exact) mass is 1750 g/mol. The molecule has 0 radical (unpaired) electrons. The van der Waals surface area contributed by atoms with Crippen molar-refractivity contribution in [2.45, 2.75) is 247 Å². The van der Waals surface area contributed by atoms with Crippen LogP contribution in [0.2, 0.25) is 5.02 Å². The summed E-state index contributed by atoms with van der Waals surface area (Å²) in [5.41, 5.74) is 19.6. The van der Waals surface area contributed by atoms with Gasteiger partial charge in [0.25, 0.3) is 0 Å². The highest BCUT2D eigenvalue weighted by Crippen LogP contribution is 2.41. The molecule has 22 heteroatoms. The molecule has 686 valence electrons. The lowest BCUT2D eigenvalue weighted by molar-refractivity contribution is -0.134. The van der Waals surface area contributed by atoms with Gasteiger partial charge in [0.2, 0.25) is 41.4 Å². The molecular weight excluding hydrogens is 1610 g/mol. The van der Waals surface area contributed by atoms with E-state index < -0.39 is 0 Å². The zero-order chi connectivity index (χ0) is 91.4. The number of aromatic amines is 1. The fourth-order valence-corrected chi connectivity index (χ4v) is 19.9. The van der Waals surface area contributed by atoms with Gasteiger partial charge < -0.3 is 66.3 Å². The van der Waals surface area contributed by atoms with E-state index in [4.69, 9.17) is 17.3 Å². The van der Waals surface area contributed by atoms with Crippen molar-refractivity contribution in [2.75, 3.05) is 101 Å². The number of aryl methyl sites for hydroxylation is 3. The molecule has 1 aliphatic heterocycles. The largest absolute Gasteiger partial charge is 0.369 e. The topological polar surface area (TPSA) is 232 Å². The number of benzene rings is 7. The molecule has 20 nitrogen and oxygen atoms in total. The Morgan fingerprint density at radius 3 is 1.29 bits per heavy atom. The van der Waals surface area contributed by atoms with E-state index >= 15 is 0 Å². The van der Waals surface area contributed by atoms with E-state index in [1.165, 1.54) is 62.0 Å². The van der Waals surface area contributed by atoms with Crippen LogP contribution in [0.15, 0.2) is 182 Å². The molecule has 7 N–H and O–H groups in total. The molecule has 7 aromatic carbocycles. The highest BCUT2D eigenvalue weighted by molar-refractivity contribution is 6.30. The number of piperazine rings is 1. The molecule has 1 unspecified atom stereocenters. The van der Waals surface area contributed by atoms with E-state index in [1.807, 2.05) is 61.5 Å². The Morgan fingerprint density at radius 1 is 0.465 bits per heavy atom. The lowest BCUT2D eigenvalue weighted by Gasteiger charge is -2.45. The molecule has 4 aliphatic carbocycles. The molecule has 1 aromatic heterocycles. The SMILES string of the molecule is CN(C)C1(Cc2ccccc2)CCC(C(N)=O)CC1.Cc1cccc(CC2(N(C)C)CCC(NC(=O)CCC(=O)N(C)CCc3c[nH]c4ccccc34)CC2)c1.Cc1cccc(CC2(N(C)C)CCC(NC(=O)CCC(=O)N3CCN(c4ccc(Cl)cc4)CC3)CC2)c1.Cc1cccc(CC2(N(C)C)CCC(NC(=O)CCC(=O)NC(C)c3ccc(F)cc3)CC2)c1. The van der Waals surface area contributed by atoms with Gasteiger partial charge in [0, 0.05) is 152 Å². The second-order valence-electron chi connectivity index (χ2n) is 37.9. The van der Waals surface area contributed by atoms with Crippen LogP contribution < -0.4 is 31.9 Å². The molecule has 0 bridgehead atoms. The number of hydrogen-bond acceptors (Lipinski definition) is 12. The summed E-state index contributed by atoms with van der Waals surface area (Å²) in [7, 11) is 19.1. The van der Waals surface area contributed by atoms with E-state index in [0.717, 1.165) is 170 Å². The summed E-state index contributed by atoms with van der Waals surface area (Å²) < 4.78 is 13.1. The minimum absolute atomic E-state index is 0.00538. The number of aromatic nitrogens is 1. The number of hydrogen-bond donors (Lipinski definition) is 6. The van der Waals surface area contributed by atoms with Gasteiger partial charge in [0.15, 0.2) is 0 Å². The maximum atomic E-state index is 13.1. The van der Waals surface area contributed by atoms with Crippen molar-refractivity contribution in [3.63, 3.8) is 0 Å². The van der Waals surface area contributed by atoms with Gasteiger partial charge in [-0.15, -0.1) is 0 Å². The number of primary amides is 1. The maximum Gasteiger partial charge on any atom is 0.223 e. The number of carbonyl (C=O) groups is 7. The number of carbonyl (C=O) groups excluding carboxylic acids is 7. The third-order valence-electron chi connectivity index (χ3n) is 28.3. The number of likely N-dealkylation sites (N-methyl/N-ethyl adjacent to an activating group) is 5. The Morgan fingerprint density at radius 2 is 0.858 bits per heavy atom. The van der Waals surface area contributed by atoms with Crippen LogP contribution in [-0.2, 0) is 65.7 Å². The van der Waals surface area contributed by atoms with Crippen molar-refractivity contribution in [2.24, 2.45) is 11.7 Å². The number of anilines is 1. The molecule has 5 aliphatic rings. The number of amides is 7. The minimum Gasteiger partial charge on any atom is -0.369 e. The van der Waals surface area contributed by atoms with Gasteiger partial charge >= 0.3 is 0 Å². The molecular formula is C105H145ClFN13O7. The van der Waals surface area contributed by atoms with Crippen molar-refractivity contribution in [3.05, 3.63) is 243 Å². The predicted octanol–water partition coefficient (Wildman–Crippen LogP) is 16.4. The molecule has 13 rings (SSSR count). The Bertz CT molecular complexity index is 4820. The lowest BCUT2D eigenvalue weighted by Crippen LogP contribution is -2.52. The third-order valence-corrected chi connectivity index (χ3v) is 28.5. The predicted molar refractivity (Wildman–Crippen MR) is 513 cm³/mol. The van der Waals surface area contributed by atoms with Crippen molar-refractivity contribution < 1.29 is 38.0 Å². The summed E-state index contributed by atoms with van der Waals surface area (Å²) in [6, 6.07) is 59.3. The summed E-state index contributed by atoms with van der Waals surface area (Å²) in [6.07, 6.45) is 24.2. The first-order valence-electron chi connectivity index (χ1n) is 46.4. The van der Waals surface area contributed by atoms with Crippen LogP contribution >= 0.6 is 11.6 Å². The molecule has 5 fully saturated rings. The minimum atomic E-state index is -0.306. The van der Waals surface area contributed by atoms with Gasteiger partial charge in [-0.2, -0.15) is 0 Å². The van der Waals surface area contributed by atoms with E-state index in [9.17, 15) is 38.0 Å². The van der Waals surface area contributed by atoms with Crippen LogP contribution in [0.5, 0.6) is 0 Å². The summed E-state index contributed by atoms with van der Waals surface area (Å²) in [5, 5.41) is 14.4. The smallest absolute Gasteiger partial charge is 0.223 e. The van der Waals surface area contributed by atoms with Gasteiger partial charge in [0.05, 0.1) is 6.04 Å². The van der Waals surface area contributed by atoms with Crippen molar-refractivity contribution >= 4 is 69.5 Å². The van der Waals surface area contributed by atoms with Crippen LogP contribution in [0.4, 0.5) is 10.1 Å². The molecule has 8 aromatic rings. The third kappa shape index (κ3) is 29.6. The number of H-pyrrole nitrogens is 1. The molecule has 127 heavy (non-hydrogen) atoms. The Balaban J connectivity index is 0.000000181. The summed E-state index contributed by atoms with van der Waals surface area (Å²) in [4.78, 5) is 105. The summed E-state index contributed by atoms with van der Waals surface area (Å²) in [5.74, 6) is -0.557. The van der Waals surface area contributed by atoms with Crippen LogP contribution in [0.3, 0.4) is 0 Å². The first kappa shape index (κ1) is 99.4. The second kappa shape index (κ2) is 47.5. The quantitative estimate of drug-likeness (QED) is 0.0238. The van der Waals surface area contributed by atoms with Crippen molar-refractivity contribution in [3.8, 4) is 0 Å². The van der Waals surface area contributed by atoms with Crippen LogP contribution in [0.25, 0.3) is 10.9 Å². The molecule has 1 atom stereocenters. The Hall–Kier alpha value is -9.77. The van der Waals surface area contributed by atoms with Crippen molar-refractivity contribution in [1.29, 1.82) is 0 Å². The van der Waals surface area contributed by atoms with Crippen LogP contribution in [0.1, 0.15) is 204 Å². The molecule has 1 saturated heterocycles. The maximum absolute atomic E-state index is 13.1. The van der Waals surface area contributed by atoms with E-state index in [-0.39, 0.29) is 138 Å². The van der Waals surface area contributed by atoms with Crippen molar-refractivity contribution in [1.82, 2.24) is 55.7 Å². The number of nitrogens with two attached hydrogens (primary N) is 1. The number of nitrogens with zero attached hydrogens (tertiary/aromatic N) is 7. The Kier molecular flexibility index (Phi) is 37.2. The number of fused-ring (bicyclic) bond motifs is 1. The summed E-state index contributed by atoms with van der Waals surface area (Å²) >= 11 is 5.99. The van der Waals surface area contributed by atoms with Gasteiger partial charge in [-0.05, 0) is 295 Å². The highest BCUT2D eigenvalue weighted by atomic mass is 35.5. The first-order chi connectivity index (χ1) is 60.7. The zero-order valence-electron chi connectivity index (χ0n) is 78.2. The average molecular weight is 1760 g/mol. The fraction of sp³-hybridized carbons (Fsp3) is 0.514. The standard InChI is InChI=1S/C31H42N4O2.C30H41ClN4O2.C28H38FN3O2.C16H24N2O/c1-23-8-7-9-24(20-23)21-31(34(2)3)17-14-26(15-18-31)33-29(36)12-13-30(37)35(4)19-16-25-22-32-28-11-6-5-10-27(25)28;1-23-5-4-6-24(21-23)22-30(33(2)3)15-13-26(14-16-30)32-28(36)11-12-29(37)35-19-17-34(18-20-35)27-9-7-25(31)8-10-27;1-20-6-5-7-22(18-20)19-28(32(3)4)16-14-25(15-17-28)31-27(34)13-12-26(33)30-21(2)23-8-10-24(29)11-9-23;1-18(2)16(12-13-6-4-3-5-7-13)10-8-14(9-11-16)15(17)19/h5-11,20,22,26,32H,12-19,21H2,1-4H3,(H,33,36);4-10,21,26H,11-20,22H2,1-3H3,(H,32,36);5-11,18,21,25H,12-17,19H2,1-4H3,(H,30,33)(H,31,34);3-7,14H,8-12H2,1-2H3,(H2,17,19). The zero-order valence-corrected chi connectivity index (χ0v) is 78.9. The first-order valence-corrected chi connectivity index (χ1v) is 46.8. The molecule has 2 heterocycles. The average Bonchev–Trinajstić information content (AvgIpc) is 1.55. The fourth-order valence-electron chi connectivity index (χ4n) is 19.7. The van der Waals surface area contributed by atoms with E-state index in [0.29, 0.717) is 19.6 Å². The lowest BCUT2D eigenvalue weighted by atomic mass is 9.72. The number of halogens is 2. The molecule has 4 saturated carbocycles. The van der Waals surface area contributed by atoms with Gasteiger partial charge in [0.1, 0.15) is 5.82 Å². The Labute approximate surface area is 761 Å².